The number of aromatic amines is 1. The van der Waals surface area contributed by atoms with Crippen molar-refractivity contribution in [2.24, 2.45) is 0 Å². The third kappa shape index (κ3) is 4.31. The summed E-state index contributed by atoms with van der Waals surface area (Å²) in [7, 11) is -3.22. The molecular formula is C26H23ClN2O5S. The number of sulfone groups is 1. The number of hydrogen-bond donors (Lipinski definition) is 1. The van der Waals surface area contributed by atoms with Gasteiger partial charge in [0.2, 0.25) is 0 Å². The number of H-pyrrole nitrogens is 1. The fourth-order valence-electron chi connectivity index (χ4n) is 4.70. The second-order valence-electron chi connectivity index (χ2n) is 8.92. The van der Waals surface area contributed by atoms with Gasteiger partial charge in [0, 0.05) is 18.4 Å². The fraction of sp³-hybridized carbons (Fsp3) is 0.269. The number of ether oxygens (including phenoxy) is 3. The van der Waals surface area contributed by atoms with Gasteiger partial charge < -0.3 is 19.2 Å². The van der Waals surface area contributed by atoms with Gasteiger partial charge in [-0.25, -0.2) is 8.42 Å². The van der Waals surface area contributed by atoms with Crippen molar-refractivity contribution >= 4 is 32.5 Å². The van der Waals surface area contributed by atoms with Gasteiger partial charge in [-0.3, -0.25) is 0 Å². The molecule has 1 N–H and O–H groups in total. The first-order chi connectivity index (χ1) is 16.8. The zero-order valence-corrected chi connectivity index (χ0v) is 20.5. The Kier molecular flexibility index (Phi) is 5.56. The highest BCUT2D eigenvalue weighted by Gasteiger charge is 2.43. The SMILES string of the molecule is CS(=O)(=O)c1ccc(-c2ccc(-c3cc4nc(OC5COC6CCOC65)[nH]c4cc3Cl)cc2)cc1. The number of hydrogen-bond acceptors (Lipinski definition) is 6. The summed E-state index contributed by atoms with van der Waals surface area (Å²) < 4.78 is 41.0. The molecule has 35 heavy (non-hydrogen) atoms. The highest BCUT2D eigenvalue weighted by Crippen LogP contribution is 2.35. The number of rotatable bonds is 5. The van der Waals surface area contributed by atoms with Crippen molar-refractivity contribution in [1.29, 1.82) is 0 Å². The highest BCUT2D eigenvalue weighted by molar-refractivity contribution is 7.90. The number of imidazole rings is 1. The lowest BCUT2D eigenvalue weighted by molar-refractivity contribution is 0.0273. The molecule has 3 aromatic carbocycles. The molecule has 3 heterocycles. The molecule has 2 fully saturated rings. The van der Waals surface area contributed by atoms with Gasteiger partial charge in [-0.2, -0.15) is 4.98 Å². The van der Waals surface area contributed by atoms with E-state index in [1.807, 2.05) is 48.5 Å². The van der Waals surface area contributed by atoms with E-state index in [9.17, 15) is 8.42 Å². The van der Waals surface area contributed by atoms with Crippen molar-refractivity contribution in [3.63, 3.8) is 0 Å². The Bertz CT molecular complexity index is 1500. The van der Waals surface area contributed by atoms with Crippen LogP contribution in [-0.2, 0) is 19.3 Å². The Morgan fingerprint density at radius 1 is 1.00 bits per heavy atom. The van der Waals surface area contributed by atoms with Crippen molar-refractivity contribution in [1.82, 2.24) is 9.97 Å². The van der Waals surface area contributed by atoms with Gasteiger partial charge in [-0.05, 0) is 47.4 Å². The lowest BCUT2D eigenvalue weighted by Crippen LogP contribution is -2.32. The van der Waals surface area contributed by atoms with Crippen LogP contribution >= 0.6 is 11.6 Å². The molecule has 0 bridgehead atoms. The van der Waals surface area contributed by atoms with E-state index in [-0.39, 0.29) is 18.3 Å². The normalized spacial score (nSPS) is 21.9. The lowest BCUT2D eigenvalue weighted by atomic mass is 10.00. The van der Waals surface area contributed by atoms with E-state index in [4.69, 9.17) is 25.8 Å². The number of benzene rings is 3. The topological polar surface area (TPSA) is 90.5 Å². The van der Waals surface area contributed by atoms with E-state index in [1.54, 1.807) is 12.1 Å². The maximum absolute atomic E-state index is 11.7. The van der Waals surface area contributed by atoms with E-state index >= 15 is 0 Å². The first-order valence-electron chi connectivity index (χ1n) is 11.4. The molecule has 2 aliphatic rings. The van der Waals surface area contributed by atoms with E-state index in [1.165, 1.54) is 6.26 Å². The van der Waals surface area contributed by atoms with Gasteiger partial charge in [0.1, 0.15) is 6.10 Å². The van der Waals surface area contributed by atoms with Crippen LogP contribution in [-0.4, -0.2) is 56.2 Å². The minimum atomic E-state index is -3.22. The number of nitrogens with zero attached hydrogens (tertiary/aromatic N) is 1. The molecule has 0 amide bonds. The average Bonchev–Trinajstić information content (AvgIpc) is 3.55. The van der Waals surface area contributed by atoms with E-state index in [2.05, 4.69) is 9.97 Å². The Balaban J connectivity index is 1.24. The smallest absolute Gasteiger partial charge is 0.295 e. The molecule has 3 atom stereocenters. The largest absolute Gasteiger partial charge is 0.456 e. The minimum Gasteiger partial charge on any atom is -0.456 e. The highest BCUT2D eigenvalue weighted by atomic mass is 35.5. The van der Waals surface area contributed by atoms with Gasteiger partial charge in [0.25, 0.3) is 6.01 Å². The standard InChI is InChI=1S/C26H23ClN2O5S/c1-35(30,31)18-8-6-16(7-9-18)15-2-4-17(5-3-15)19-12-21-22(13-20(19)27)29-26(28-21)34-24-14-33-23-10-11-32-25(23)24/h2-9,12-13,23-25H,10-11,14H2,1H3,(H,28,29). The van der Waals surface area contributed by atoms with Gasteiger partial charge in [-0.1, -0.05) is 48.0 Å². The van der Waals surface area contributed by atoms with E-state index < -0.39 is 9.84 Å². The van der Waals surface area contributed by atoms with Crippen LogP contribution in [0.15, 0.2) is 65.6 Å². The summed E-state index contributed by atoms with van der Waals surface area (Å²) in [4.78, 5) is 8.11. The maximum Gasteiger partial charge on any atom is 0.295 e. The van der Waals surface area contributed by atoms with Gasteiger partial charge in [0.15, 0.2) is 15.9 Å². The zero-order valence-electron chi connectivity index (χ0n) is 18.9. The number of nitrogens with one attached hydrogen (secondary N) is 1. The Morgan fingerprint density at radius 2 is 1.69 bits per heavy atom. The van der Waals surface area contributed by atoms with Gasteiger partial charge >= 0.3 is 0 Å². The van der Waals surface area contributed by atoms with E-state index in [0.29, 0.717) is 29.1 Å². The molecule has 6 rings (SSSR count). The maximum atomic E-state index is 11.7. The van der Waals surface area contributed by atoms with Crippen LogP contribution < -0.4 is 4.74 Å². The Hall–Kier alpha value is -2.91. The van der Waals surface area contributed by atoms with Crippen LogP contribution in [0.2, 0.25) is 5.02 Å². The van der Waals surface area contributed by atoms with Crippen LogP contribution in [0.25, 0.3) is 33.3 Å². The van der Waals surface area contributed by atoms with Crippen molar-refractivity contribution in [2.45, 2.75) is 29.6 Å². The molecule has 9 heteroatoms. The molecule has 0 saturated carbocycles. The fourth-order valence-corrected chi connectivity index (χ4v) is 5.60. The second-order valence-corrected chi connectivity index (χ2v) is 11.3. The van der Waals surface area contributed by atoms with Crippen LogP contribution in [0.1, 0.15) is 6.42 Å². The summed E-state index contributed by atoms with van der Waals surface area (Å²) in [5.41, 5.74) is 5.27. The number of aromatic nitrogens is 2. The molecule has 2 aliphatic heterocycles. The second kappa shape index (κ2) is 8.64. The zero-order chi connectivity index (χ0) is 24.2. The molecule has 3 unspecified atom stereocenters. The Morgan fingerprint density at radius 3 is 2.40 bits per heavy atom. The van der Waals surface area contributed by atoms with E-state index in [0.717, 1.165) is 39.7 Å². The molecular weight excluding hydrogens is 488 g/mol. The average molecular weight is 511 g/mol. The third-order valence-corrected chi connectivity index (χ3v) is 7.98. The van der Waals surface area contributed by atoms with Crippen LogP contribution in [0.3, 0.4) is 0 Å². The predicted molar refractivity (Wildman–Crippen MR) is 134 cm³/mol. The van der Waals surface area contributed by atoms with Crippen molar-refractivity contribution in [2.75, 3.05) is 19.5 Å². The number of fused-ring (bicyclic) bond motifs is 2. The first-order valence-corrected chi connectivity index (χ1v) is 13.6. The first kappa shape index (κ1) is 22.5. The minimum absolute atomic E-state index is 0.0524. The summed E-state index contributed by atoms with van der Waals surface area (Å²) in [6.07, 6.45) is 1.97. The lowest BCUT2D eigenvalue weighted by Gasteiger charge is -2.15. The van der Waals surface area contributed by atoms with Gasteiger partial charge in [-0.15, -0.1) is 0 Å². The molecule has 2 saturated heterocycles. The summed E-state index contributed by atoms with van der Waals surface area (Å²) in [5.74, 6) is 0. The van der Waals surface area contributed by atoms with Crippen molar-refractivity contribution in [3.05, 3.63) is 65.7 Å². The molecule has 0 radical (unpaired) electrons. The quantitative estimate of drug-likeness (QED) is 0.411. The summed E-state index contributed by atoms with van der Waals surface area (Å²) in [5, 5.41) is 0.598. The van der Waals surface area contributed by atoms with Gasteiger partial charge in [0.05, 0.1) is 33.7 Å². The monoisotopic (exact) mass is 510 g/mol. The molecule has 0 aliphatic carbocycles. The van der Waals surface area contributed by atoms with Crippen molar-refractivity contribution in [3.8, 4) is 28.3 Å². The summed E-state index contributed by atoms with van der Waals surface area (Å²) in [6.45, 7) is 1.18. The molecule has 7 nitrogen and oxygen atoms in total. The van der Waals surface area contributed by atoms with Crippen LogP contribution in [0, 0.1) is 0 Å². The Labute approximate surface area is 207 Å². The third-order valence-electron chi connectivity index (χ3n) is 6.54. The van der Waals surface area contributed by atoms with Crippen molar-refractivity contribution < 1.29 is 22.6 Å². The molecule has 180 valence electrons. The number of halogens is 1. The van der Waals surface area contributed by atoms with Crippen LogP contribution in [0.5, 0.6) is 6.01 Å². The molecule has 4 aromatic rings. The molecule has 0 spiro atoms. The molecule has 1 aromatic heterocycles. The van der Waals surface area contributed by atoms with Crippen LogP contribution in [0.4, 0.5) is 0 Å². The summed E-state index contributed by atoms with van der Waals surface area (Å²) >= 11 is 6.62. The predicted octanol–water partition coefficient (Wildman–Crippen LogP) is 4.89. The summed E-state index contributed by atoms with van der Waals surface area (Å²) in [6, 6.07) is 19.0.